The van der Waals surface area contributed by atoms with Gasteiger partial charge in [-0.25, -0.2) is 0 Å². The maximum atomic E-state index is 5.36. The van der Waals surface area contributed by atoms with Crippen molar-refractivity contribution in [3.05, 3.63) is 30.3 Å². The van der Waals surface area contributed by atoms with Crippen molar-refractivity contribution in [3.63, 3.8) is 0 Å². The molecule has 0 heterocycles. The Labute approximate surface area is 164 Å². The Morgan fingerprint density at radius 1 is 0.769 bits per heavy atom. The average molecular weight is 417 g/mol. The van der Waals surface area contributed by atoms with Gasteiger partial charge in [0.25, 0.3) is 0 Å². The van der Waals surface area contributed by atoms with E-state index in [-0.39, 0.29) is 0 Å². The number of benzene rings is 1. The third-order valence-electron chi connectivity index (χ3n) is 3.45. The van der Waals surface area contributed by atoms with E-state index in [4.69, 9.17) is 13.3 Å². The normalized spacial score (nSPS) is 12.3. The first-order chi connectivity index (χ1) is 12.0. The highest BCUT2D eigenvalue weighted by Crippen LogP contribution is 2.15. The molecule has 8 heteroatoms. The number of rotatable bonds is 10. The zero-order valence-electron chi connectivity index (χ0n) is 18.2. The highest BCUT2D eigenvalue weighted by Gasteiger charge is 2.36. The summed E-state index contributed by atoms with van der Waals surface area (Å²) >= 11 is 0. The van der Waals surface area contributed by atoms with E-state index in [1.54, 1.807) is 21.3 Å². The molecule has 0 atom stereocenters. The van der Waals surface area contributed by atoms with Gasteiger partial charge in [-0.15, -0.1) is 0 Å². The standard InChI is InChI=1S/C12H21NO3Si.C6H19NSi2/c1-14-17(15-2,16-3)11-7-10-13-12-8-5-4-6-9-12;1-8(2,3)7-9(4,5)6/h4-6,8-9,13H,7,10-11H2,1-3H3;7H,1-6H3. The minimum Gasteiger partial charge on any atom is -0.385 e. The van der Waals surface area contributed by atoms with Gasteiger partial charge in [-0.2, -0.15) is 0 Å². The van der Waals surface area contributed by atoms with E-state index in [0.29, 0.717) is 0 Å². The Hall–Kier alpha value is -0.489. The molecule has 0 amide bonds. The summed E-state index contributed by atoms with van der Waals surface area (Å²) in [5, 5.41) is 3.35. The van der Waals surface area contributed by atoms with E-state index >= 15 is 0 Å². The van der Waals surface area contributed by atoms with Crippen LogP contribution >= 0.6 is 0 Å². The molecule has 152 valence electrons. The molecule has 1 rings (SSSR count). The predicted molar refractivity (Wildman–Crippen MR) is 121 cm³/mol. The van der Waals surface area contributed by atoms with Crippen LogP contribution in [0.2, 0.25) is 45.3 Å². The summed E-state index contributed by atoms with van der Waals surface area (Å²) in [6.07, 6.45) is 0.955. The van der Waals surface area contributed by atoms with E-state index in [1.165, 1.54) is 0 Å². The second kappa shape index (κ2) is 12.1. The number of para-hydroxylation sites is 1. The molecule has 0 radical (unpaired) electrons. The van der Waals surface area contributed by atoms with Crippen molar-refractivity contribution >= 4 is 31.0 Å². The van der Waals surface area contributed by atoms with E-state index in [2.05, 4.69) is 49.2 Å². The first-order valence-electron chi connectivity index (χ1n) is 9.20. The Morgan fingerprint density at radius 2 is 1.23 bits per heavy atom. The summed E-state index contributed by atoms with van der Waals surface area (Å²) in [7, 11) is 0.571. The number of anilines is 1. The van der Waals surface area contributed by atoms with E-state index < -0.39 is 25.3 Å². The van der Waals surface area contributed by atoms with E-state index in [9.17, 15) is 0 Å². The molecular weight excluding hydrogens is 376 g/mol. The lowest BCUT2D eigenvalue weighted by molar-refractivity contribution is 0.123. The molecule has 0 aliphatic heterocycles. The number of nitrogens with one attached hydrogen (secondary N) is 2. The fraction of sp³-hybridized carbons (Fsp3) is 0.667. The monoisotopic (exact) mass is 416 g/mol. The molecule has 1 aromatic rings. The molecule has 0 spiro atoms. The lowest BCUT2D eigenvalue weighted by atomic mass is 10.3. The molecule has 0 aromatic heterocycles. The summed E-state index contributed by atoms with van der Waals surface area (Å²) < 4.78 is 19.8. The van der Waals surface area contributed by atoms with Gasteiger partial charge < -0.3 is 23.2 Å². The fourth-order valence-electron chi connectivity index (χ4n) is 2.77. The lowest BCUT2D eigenvalue weighted by Crippen LogP contribution is -2.55. The van der Waals surface area contributed by atoms with Crippen LogP contribution in [0.3, 0.4) is 0 Å². The molecule has 2 N–H and O–H groups in total. The first kappa shape index (κ1) is 25.5. The highest BCUT2D eigenvalue weighted by molar-refractivity contribution is 6.90. The molecule has 1 aromatic carbocycles. The predicted octanol–water partition coefficient (Wildman–Crippen LogP) is 4.61. The number of hydrogen-bond donors (Lipinski definition) is 2. The molecular formula is C18H40N2O3Si3. The summed E-state index contributed by atoms with van der Waals surface area (Å²) in [4.78, 5) is 0. The first-order valence-corrected chi connectivity index (χ1v) is 18.1. The van der Waals surface area contributed by atoms with Crippen LogP contribution < -0.4 is 9.96 Å². The smallest absolute Gasteiger partial charge is 0.385 e. The van der Waals surface area contributed by atoms with Gasteiger partial charge in [0.2, 0.25) is 0 Å². The van der Waals surface area contributed by atoms with Gasteiger partial charge in [0, 0.05) is 39.6 Å². The van der Waals surface area contributed by atoms with E-state index in [0.717, 1.165) is 24.7 Å². The lowest BCUT2D eigenvalue weighted by Gasteiger charge is -2.28. The van der Waals surface area contributed by atoms with Crippen LogP contribution in [0.15, 0.2) is 30.3 Å². The van der Waals surface area contributed by atoms with Crippen molar-refractivity contribution in [2.24, 2.45) is 0 Å². The Kier molecular flexibility index (Phi) is 11.8. The van der Waals surface area contributed by atoms with Gasteiger partial charge >= 0.3 is 8.80 Å². The minimum absolute atomic E-state index is 0.816. The van der Waals surface area contributed by atoms with Gasteiger partial charge in [-0.3, -0.25) is 0 Å². The summed E-state index contributed by atoms with van der Waals surface area (Å²) in [6, 6.07) is 10.9. The third-order valence-corrected chi connectivity index (χ3v) is 12.3. The second-order valence-electron chi connectivity index (χ2n) is 8.32. The Balaban J connectivity index is 0.000000590. The molecule has 0 aliphatic carbocycles. The molecule has 0 bridgehead atoms. The zero-order valence-corrected chi connectivity index (χ0v) is 21.2. The maximum Gasteiger partial charge on any atom is 0.500 e. The average Bonchev–Trinajstić information content (AvgIpc) is 2.54. The van der Waals surface area contributed by atoms with Crippen LogP contribution in [0, 0.1) is 0 Å². The quantitative estimate of drug-likeness (QED) is 0.431. The van der Waals surface area contributed by atoms with Crippen molar-refractivity contribution in [1.82, 2.24) is 4.65 Å². The molecule has 0 fully saturated rings. The van der Waals surface area contributed by atoms with Crippen molar-refractivity contribution in [3.8, 4) is 0 Å². The fourth-order valence-corrected chi connectivity index (χ4v) is 13.5. The summed E-state index contributed by atoms with van der Waals surface area (Å²) in [5.41, 5.74) is 1.13. The van der Waals surface area contributed by atoms with Crippen molar-refractivity contribution in [2.75, 3.05) is 33.2 Å². The Morgan fingerprint density at radius 3 is 1.58 bits per heavy atom. The maximum absolute atomic E-state index is 5.36. The van der Waals surface area contributed by atoms with Gasteiger partial charge in [-0.05, 0) is 18.6 Å². The van der Waals surface area contributed by atoms with Gasteiger partial charge in [0.1, 0.15) is 16.5 Å². The van der Waals surface area contributed by atoms with Gasteiger partial charge in [0.15, 0.2) is 0 Å². The SMILES string of the molecule is CO[Si](CCCNc1ccccc1)(OC)OC.C[Si](C)(C)N[Si](C)(C)C. The van der Waals surface area contributed by atoms with Crippen LogP contribution in [-0.4, -0.2) is 53.1 Å². The number of hydrogen-bond acceptors (Lipinski definition) is 5. The van der Waals surface area contributed by atoms with Crippen LogP contribution in [0.5, 0.6) is 0 Å². The molecule has 0 unspecified atom stereocenters. The third kappa shape index (κ3) is 12.8. The molecule has 26 heavy (non-hydrogen) atoms. The zero-order chi connectivity index (χ0) is 20.3. The topological polar surface area (TPSA) is 51.8 Å². The van der Waals surface area contributed by atoms with Crippen LogP contribution in [0.25, 0.3) is 0 Å². The van der Waals surface area contributed by atoms with Crippen molar-refractivity contribution in [1.29, 1.82) is 0 Å². The molecule has 0 aliphatic rings. The van der Waals surface area contributed by atoms with E-state index in [1.807, 2.05) is 30.3 Å². The highest BCUT2D eigenvalue weighted by atomic mass is 28.4. The van der Waals surface area contributed by atoms with Crippen LogP contribution in [-0.2, 0) is 13.3 Å². The molecule has 5 nitrogen and oxygen atoms in total. The van der Waals surface area contributed by atoms with Crippen LogP contribution in [0.4, 0.5) is 5.69 Å². The van der Waals surface area contributed by atoms with Gasteiger partial charge in [-0.1, -0.05) is 57.5 Å². The Bertz CT molecular complexity index is 453. The van der Waals surface area contributed by atoms with Crippen molar-refractivity contribution < 1.29 is 13.3 Å². The van der Waals surface area contributed by atoms with Crippen molar-refractivity contribution in [2.45, 2.75) is 51.7 Å². The molecule has 0 saturated carbocycles. The minimum atomic E-state index is -2.40. The molecule has 0 saturated heterocycles. The largest absolute Gasteiger partial charge is 0.500 e. The van der Waals surface area contributed by atoms with Gasteiger partial charge in [0.05, 0.1) is 0 Å². The van der Waals surface area contributed by atoms with Crippen LogP contribution in [0.1, 0.15) is 6.42 Å². The second-order valence-corrected chi connectivity index (χ2v) is 21.4. The summed E-state index contributed by atoms with van der Waals surface area (Å²) in [5.74, 6) is 0. The summed E-state index contributed by atoms with van der Waals surface area (Å²) in [6.45, 7) is 15.0.